The number of aliphatic hydroxyl groups is 3. The Kier molecular flexibility index (Phi) is 12.5. The van der Waals surface area contributed by atoms with Crippen LogP contribution in [0.1, 0.15) is 71.9 Å². The van der Waals surface area contributed by atoms with E-state index < -0.39 is 54.0 Å². The van der Waals surface area contributed by atoms with Gasteiger partial charge in [0.25, 0.3) is 0 Å². The fraction of sp³-hybridized carbons (Fsp3) is 0.559. The molecule has 9 atom stereocenters. The van der Waals surface area contributed by atoms with E-state index in [9.17, 15) is 30.0 Å². The minimum absolute atomic E-state index is 0.0283. The van der Waals surface area contributed by atoms with Crippen molar-refractivity contribution in [3.05, 3.63) is 71.5 Å². The number of carbonyl (C=O) groups excluding carboxylic acids is 1. The van der Waals surface area contributed by atoms with Gasteiger partial charge in [0.1, 0.15) is 29.8 Å². The molecular formula is C34H47NO9. The van der Waals surface area contributed by atoms with Crippen molar-refractivity contribution in [3.8, 4) is 0 Å². The molecule has 0 amide bonds. The summed E-state index contributed by atoms with van der Waals surface area (Å²) in [6.45, 7) is 10.8. The summed E-state index contributed by atoms with van der Waals surface area (Å²) in [7, 11) is 0. The zero-order valence-electron chi connectivity index (χ0n) is 26.4. The summed E-state index contributed by atoms with van der Waals surface area (Å²) >= 11 is 0. The minimum Gasteiger partial charge on any atom is -0.481 e. The molecule has 10 nitrogen and oxygen atoms in total. The van der Waals surface area contributed by atoms with E-state index in [1.54, 1.807) is 52.2 Å². The maximum absolute atomic E-state index is 12.9. The first kappa shape index (κ1) is 35.2. The molecule has 0 saturated carbocycles. The van der Waals surface area contributed by atoms with Gasteiger partial charge in [0, 0.05) is 37.7 Å². The number of aliphatic hydroxyl groups excluding tert-OH is 3. The number of aliphatic carboxylic acids is 1. The molecule has 0 aromatic carbocycles. The molecule has 0 spiro atoms. The number of rotatable bonds is 8. The summed E-state index contributed by atoms with van der Waals surface area (Å²) in [4.78, 5) is 28.5. The van der Waals surface area contributed by atoms with Gasteiger partial charge >= 0.3 is 11.9 Å². The highest BCUT2D eigenvalue weighted by molar-refractivity contribution is 5.82. The quantitative estimate of drug-likeness (QED) is 0.140. The lowest BCUT2D eigenvalue weighted by Gasteiger charge is -2.30. The molecule has 2 aliphatic heterocycles. The van der Waals surface area contributed by atoms with Gasteiger partial charge in [-0.25, -0.2) is 9.78 Å². The Morgan fingerprint density at radius 3 is 2.61 bits per heavy atom. The first-order valence-corrected chi connectivity index (χ1v) is 15.1. The molecule has 4 N–H and O–H groups in total. The van der Waals surface area contributed by atoms with Crippen molar-refractivity contribution in [2.45, 2.75) is 103 Å². The number of hydrogen-bond donors (Lipinski definition) is 4. The monoisotopic (exact) mass is 613 g/mol. The Labute approximate surface area is 259 Å². The van der Waals surface area contributed by atoms with Crippen LogP contribution in [0.2, 0.25) is 0 Å². The summed E-state index contributed by atoms with van der Waals surface area (Å²) in [5.41, 5.74) is 1.37. The highest BCUT2D eigenvalue weighted by atomic mass is 16.6. The fourth-order valence-corrected chi connectivity index (χ4v) is 5.37. The van der Waals surface area contributed by atoms with Crippen molar-refractivity contribution < 1.29 is 43.9 Å². The Bertz CT molecular complexity index is 1290. The first-order valence-electron chi connectivity index (χ1n) is 15.1. The zero-order valence-corrected chi connectivity index (χ0v) is 26.4. The second kappa shape index (κ2) is 15.6. The number of carboxylic acid groups (broad SMARTS) is 1. The largest absolute Gasteiger partial charge is 0.481 e. The number of carboxylic acids is 1. The molecule has 0 aliphatic carbocycles. The standard InChI is InChI=1S/C34H47NO9/c1-20(15-26-19-42-24(5)35-26)9-7-10-22(3)33(41)23(4)28-18-29(37)34(6)30(44-34)14-13-21(2)27(36)16-25(17-31(38)39)11-8-12-32(40)43-28/h7-10,12-15,19,21,23,25,27-30,33,36-37,41H,11,16-18H2,1-6H3,(H,38,39)/b9-7+,12-8+,14-13+,20-15+,22-10+/t21-,23+,25-,27-,28+,29+,30-,33+,34-/m1/s1. The Morgan fingerprint density at radius 2 is 1.95 bits per heavy atom. The van der Waals surface area contributed by atoms with E-state index in [1.807, 2.05) is 38.2 Å². The van der Waals surface area contributed by atoms with Gasteiger partial charge in [0.2, 0.25) is 0 Å². The van der Waals surface area contributed by atoms with Crippen LogP contribution in [0.4, 0.5) is 0 Å². The zero-order chi connectivity index (χ0) is 32.6. The molecule has 0 bridgehead atoms. The molecule has 242 valence electrons. The van der Waals surface area contributed by atoms with Gasteiger partial charge in [-0.2, -0.15) is 0 Å². The van der Waals surface area contributed by atoms with E-state index in [2.05, 4.69) is 4.98 Å². The maximum Gasteiger partial charge on any atom is 0.330 e. The number of epoxide rings is 1. The number of cyclic esters (lactones) is 1. The smallest absolute Gasteiger partial charge is 0.330 e. The molecule has 3 heterocycles. The number of aromatic nitrogens is 1. The van der Waals surface area contributed by atoms with Gasteiger partial charge in [0.15, 0.2) is 5.89 Å². The number of fused-ring (bicyclic) bond motifs is 1. The number of hydrogen-bond acceptors (Lipinski definition) is 9. The SMILES string of the molecule is CC(/C=C/C=C(\C)[C@H](O)[C@@H](C)[C@@H]1C[C@H](O)[C@@]2(C)O[C@@H]2/C=C/[C@@H](C)[C@H](O)C[C@H](CC(=O)O)C/C=C/C(=O)O1)=C\c1coc(C)n1. The van der Waals surface area contributed by atoms with Gasteiger partial charge in [-0.05, 0) is 56.8 Å². The number of allylic oxidation sites excluding steroid dienone is 5. The van der Waals surface area contributed by atoms with Crippen LogP contribution in [0.5, 0.6) is 0 Å². The van der Waals surface area contributed by atoms with E-state index in [-0.39, 0.29) is 37.5 Å². The van der Waals surface area contributed by atoms with Crippen LogP contribution in [0.15, 0.2) is 64.4 Å². The lowest BCUT2D eigenvalue weighted by molar-refractivity contribution is -0.150. The number of aryl methyl sites for hydroxylation is 1. The third kappa shape index (κ3) is 10.1. The van der Waals surface area contributed by atoms with E-state index in [0.29, 0.717) is 17.2 Å². The molecule has 0 radical (unpaired) electrons. The third-order valence-electron chi connectivity index (χ3n) is 8.51. The second-order valence-corrected chi connectivity index (χ2v) is 12.4. The molecule has 44 heavy (non-hydrogen) atoms. The number of esters is 1. The Balaban J connectivity index is 1.78. The molecule has 3 rings (SSSR count). The van der Waals surface area contributed by atoms with Crippen LogP contribution in [0, 0.1) is 24.7 Å². The van der Waals surface area contributed by atoms with E-state index >= 15 is 0 Å². The predicted molar refractivity (Wildman–Crippen MR) is 165 cm³/mol. The van der Waals surface area contributed by atoms with Gasteiger partial charge in [0.05, 0.1) is 18.3 Å². The van der Waals surface area contributed by atoms with Gasteiger partial charge in [-0.15, -0.1) is 0 Å². The van der Waals surface area contributed by atoms with Crippen molar-refractivity contribution >= 4 is 18.0 Å². The fourth-order valence-electron chi connectivity index (χ4n) is 5.37. The molecule has 1 saturated heterocycles. The summed E-state index contributed by atoms with van der Waals surface area (Å²) in [6.07, 6.45) is 11.7. The van der Waals surface area contributed by atoms with Crippen molar-refractivity contribution in [2.24, 2.45) is 17.8 Å². The van der Waals surface area contributed by atoms with Gasteiger partial charge < -0.3 is 34.3 Å². The topological polar surface area (TPSA) is 163 Å². The van der Waals surface area contributed by atoms with Crippen LogP contribution in [0.25, 0.3) is 6.08 Å². The van der Waals surface area contributed by atoms with Crippen molar-refractivity contribution in [2.75, 3.05) is 0 Å². The molecule has 1 aromatic heterocycles. The Hall–Kier alpha value is -3.31. The highest BCUT2D eigenvalue weighted by Crippen LogP contribution is 2.43. The normalized spacial score (nSPS) is 33.7. The van der Waals surface area contributed by atoms with Crippen LogP contribution in [-0.4, -0.2) is 73.5 Å². The first-order chi connectivity index (χ1) is 20.7. The third-order valence-corrected chi connectivity index (χ3v) is 8.51. The van der Waals surface area contributed by atoms with Crippen LogP contribution in [-0.2, 0) is 19.1 Å². The molecule has 10 heteroatoms. The van der Waals surface area contributed by atoms with Crippen molar-refractivity contribution in [1.82, 2.24) is 4.98 Å². The molecule has 1 fully saturated rings. The number of nitrogens with zero attached hydrogens (tertiary/aromatic N) is 1. The van der Waals surface area contributed by atoms with Crippen LogP contribution in [0.3, 0.4) is 0 Å². The lowest BCUT2D eigenvalue weighted by atomic mass is 9.86. The second-order valence-electron chi connectivity index (χ2n) is 12.4. The van der Waals surface area contributed by atoms with Gasteiger partial charge in [-0.3, -0.25) is 4.79 Å². The lowest BCUT2D eigenvalue weighted by Crippen LogP contribution is -2.40. The average molecular weight is 614 g/mol. The molecule has 1 aromatic rings. The summed E-state index contributed by atoms with van der Waals surface area (Å²) in [5, 5.41) is 42.4. The van der Waals surface area contributed by atoms with Crippen LogP contribution >= 0.6 is 0 Å². The Morgan fingerprint density at radius 1 is 1.23 bits per heavy atom. The van der Waals surface area contributed by atoms with Gasteiger partial charge in [-0.1, -0.05) is 50.3 Å². The number of ether oxygens (including phenoxy) is 2. The minimum atomic E-state index is -1.00. The summed E-state index contributed by atoms with van der Waals surface area (Å²) in [5.74, 6) is -2.29. The highest BCUT2D eigenvalue weighted by Gasteiger charge is 2.56. The number of carbonyl (C=O) groups is 2. The van der Waals surface area contributed by atoms with Crippen molar-refractivity contribution in [3.63, 3.8) is 0 Å². The summed E-state index contributed by atoms with van der Waals surface area (Å²) in [6, 6.07) is 0. The van der Waals surface area contributed by atoms with Crippen LogP contribution < -0.4 is 0 Å². The van der Waals surface area contributed by atoms with Crippen molar-refractivity contribution in [1.29, 1.82) is 0 Å². The molecule has 2 aliphatic rings. The molecular weight excluding hydrogens is 566 g/mol. The number of oxazole rings is 1. The van der Waals surface area contributed by atoms with E-state index in [4.69, 9.17) is 13.9 Å². The summed E-state index contributed by atoms with van der Waals surface area (Å²) < 4.78 is 16.8. The molecule has 0 unspecified atom stereocenters. The average Bonchev–Trinajstić information content (AvgIpc) is 3.45. The van der Waals surface area contributed by atoms with E-state index in [1.165, 1.54) is 6.08 Å². The maximum atomic E-state index is 12.9. The van der Waals surface area contributed by atoms with E-state index in [0.717, 1.165) is 5.57 Å². The predicted octanol–water partition coefficient (Wildman–Crippen LogP) is 4.70.